The van der Waals surface area contributed by atoms with Gasteiger partial charge < -0.3 is 0 Å². The lowest BCUT2D eigenvalue weighted by molar-refractivity contribution is 0.0706. The highest BCUT2D eigenvalue weighted by atomic mass is 35.5. The quantitative estimate of drug-likeness (QED) is 0.563. The van der Waals surface area contributed by atoms with E-state index >= 15 is 0 Å². The topological polar surface area (TPSA) is 75.1 Å². The van der Waals surface area contributed by atoms with Crippen LogP contribution in [0, 0.1) is 0 Å². The smallest absolute Gasteiger partial charge is 0.277 e. The van der Waals surface area contributed by atoms with E-state index in [1.54, 1.807) is 0 Å². The third kappa shape index (κ3) is 2.56. The Morgan fingerprint density at radius 2 is 1.81 bits per heavy atom. The van der Waals surface area contributed by atoms with E-state index in [1.807, 2.05) is 42.5 Å². The highest BCUT2D eigenvalue weighted by Gasteiger charge is 2.13. The molecule has 3 rings (SSSR count). The Labute approximate surface area is 125 Å². The lowest BCUT2D eigenvalue weighted by Gasteiger charge is -2.06. The first-order valence-corrected chi connectivity index (χ1v) is 6.53. The Bertz CT molecular complexity index is 836. The summed E-state index contributed by atoms with van der Waals surface area (Å²) in [5.41, 5.74) is 2.92. The molecule has 0 fully saturated rings. The molecule has 0 bridgehead atoms. The third-order valence-corrected chi connectivity index (χ3v) is 3.42. The maximum Gasteiger partial charge on any atom is 0.277 e. The second kappa shape index (κ2) is 5.47. The van der Waals surface area contributed by atoms with Gasteiger partial charge in [-0.2, -0.15) is 0 Å². The number of aromatic nitrogens is 2. The monoisotopic (exact) mass is 299 g/mol. The van der Waals surface area contributed by atoms with Crippen LogP contribution < -0.4 is 5.48 Å². The normalized spacial score (nSPS) is 10.6. The number of nitrogens with one attached hydrogen (secondary N) is 1. The molecular weight excluding hydrogens is 290 g/mol. The van der Waals surface area contributed by atoms with E-state index in [-0.39, 0.29) is 10.7 Å². The van der Waals surface area contributed by atoms with Crippen molar-refractivity contribution in [2.45, 2.75) is 0 Å². The number of hydroxylamine groups is 1. The van der Waals surface area contributed by atoms with Crippen LogP contribution in [0.15, 0.2) is 48.5 Å². The fraction of sp³-hybridized carbons (Fsp3) is 0. The van der Waals surface area contributed by atoms with Crippen molar-refractivity contribution in [3.63, 3.8) is 0 Å². The summed E-state index contributed by atoms with van der Waals surface area (Å²) in [7, 11) is 0. The van der Waals surface area contributed by atoms with E-state index in [2.05, 4.69) is 10.2 Å². The maximum absolute atomic E-state index is 11.5. The Kier molecular flexibility index (Phi) is 3.51. The summed E-state index contributed by atoms with van der Waals surface area (Å²) in [6, 6.07) is 15.2. The number of amides is 1. The Hall–Kier alpha value is -2.50. The van der Waals surface area contributed by atoms with Gasteiger partial charge in [0.05, 0.1) is 11.3 Å². The van der Waals surface area contributed by atoms with Crippen LogP contribution in [-0.4, -0.2) is 21.3 Å². The Balaban J connectivity index is 2.12. The van der Waals surface area contributed by atoms with Crippen molar-refractivity contribution in [2.24, 2.45) is 0 Å². The summed E-state index contributed by atoms with van der Waals surface area (Å²) in [6.07, 6.45) is 0. The van der Waals surface area contributed by atoms with Gasteiger partial charge in [-0.1, -0.05) is 48.0 Å². The maximum atomic E-state index is 11.5. The molecule has 104 valence electrons. The summed E-state index contributed by atoms with van der Waals surface area (Å²) in [4.78, 5) is 11.5. The molecule has 1 heterocycles. The Morgan fingerprint density at radius 3 is 2.57 bits per heavy atom. The average molecular weight is 300 g/mol. The molecule has 2 aromatic carbocycles. The van der Waals surface area contributed by atoms with Crippen LogP contribution in [0.4, 0.5) is 0 Å². The number of hydrogen-bond acceptors (Lipinski definition) is 4. The minimum atomic E-state index is -0.725. The van der Waals surface area contributed by atoms with E-state index in [1.165, 1.54) is 11.5 Å². The SMILES string of the molecule is O=C(NO)c1cc(-c2ccc3ccccc3c2)nnc1Cl. The van der Waals surface area contributed by atoms with Crippen LogP contribution in [0.2, 0.25) is 5.15 Å². The van der Waals surface area contributed by atoms with Gasteiger partial charge in [0.15, 0.2) is 5.15 Å². The van der Waals surface area contributed by atoms with Gasteiger partial charge in [0.1, 0.15) is 0 Å². The standard InChI is InChI=1S/C15H10ClN3O2/c16-14-12(15(20)19-21)8-13(17-18-14)11-6-5-9-3-1-2-4-10(9)7-11/h1-8,21H,(H,19,20). The Morgan fingerprint density at radius 1 is 1.05 bits per heavy atom. The van der Waals surface area contributed by atoms with Crippen LogP contribution in [0.5, 0.6) is 0 Å². The molecule has 0 saturated heterocycles. The predicted molar refractivity (Wildman–Crippen MR) is 79.2 cm³/mol. The average Bonchev–Trinajstić information content (AvgIpc) is 2.54. The molecule has 0 radical (unpaired) electrons. The van der Waals surface area contributed by atoms with Gasteiger partial charge in [0, 0.05) is 5.56 Å². The molecule has 0 saturated carbocycles. The fourth-order valence-corrected chi connectivity index (χ4v) is 2.26. The van der Waals surface area contributed by atoms with E-state index < -0.39 is 5.91 Å². The molecule has 1 aromatic heterocycles. The van der Waals surface area contributed by atoms with Gasteiger partial charge in [0.25, 0.3) is 5.91 Å². The molecule has 0 unspecified atom stereocenters. The second-order valence-electron chi connectivity index (χ2n) is 4.44. The largest absolute Gasteiger partial charge is 0.288 e. The van der Waals surface area contributed by atoms with Crippen LogP contribution in [0.3, 0.4) is 0 Å². The number of benzene rings is 2. The van der Waals surface area contributed by atoms with Gasteiger partial charge in [0.2, 0.25) is 0 Å². The number of hydrogen-bond donors (Lipinski definition) is 2. The highest BCUT2D eigenvalue weighted by molar-refractivity contribution is 6.32. The highest BCUT2D eigenvalue weighted by Crippen LogP contribution is 2.24. The minimum Gasteiger partial charge on any atom is -0.288 e. The molecule has 21 heavy (non-hydrogen) atoms. The van der Waals surface area contributed by atoms with Crippen LogP contribution in [0.25, 0.3) is 22.0 Å². The van der Waals surface area contributed by atoms with Crippen molar-refractivity contribution in [1.29, 1.82) is 0 Å². The minimum absolute atomic E-state index is 0.0638. The number of nitrogens with zero attached hydrogens (tertiary/aromatic N) is 2. The van der Waals surface area contributed by atoms with Crippen molar-refractivity contribution < 1.29 is 10.0 Å². The first kappa shape index (κ1) is 13.5. The zero-order valence-corrected chi connectivity index (χ0v) is 11.5. The van der Waals surface area contributed by atoms with Crippen molar-refractivity contribution in [3.8, 4) is 11.3 Å². The zero-order chi connectivity index (χ0) is 14.8. The molecule has 3 aromatic rings. The molecule has 0 aliphatic heterocycles. The lowest BCUT2D eigenvalue weighted by atomic mass is 10.0. The van der Waals surface area contributed by atoms with E-state index in [0.717, 1.165) is 16.3 Å². The molecule has 6 heteroatoms. The summed E-state index contributed by atoms with van der Waals surface area (Å²) in [5.74, 6) is -0.725. The molecule has 0 atom stereocenters. The van der Waals surface area contributed by atoms with Gasteiger partial charge >= 0.3 is 0 Å². The van der Waals surface area contributed by atoms with Crippen LogP contribution >= 0.6 is 11.6 Å². The fourth-order valence-electron chi connectivity index (χ4n) is 2.09. The van der Waals surface area contributed by atoms with Gasteiger partial charge in [-0.15, -0.1) is 10.2 Å². The van der Waals surface area contributed by atoms with E-state index in [4.69, 9.17) is 16.8 Å². The van der Waals surface area contributed by atoms with Crippen molar-refractivity contribution in [3.05, 3.63) is 59.2 Å². The number of carbonyl (C=O) groups is 1. The predicted octanol–water partition coefficient (Wildman–Crippen LogP) is 3.07. The first-order valence-electron chi connectivity index (χ1n) is 6.16. The molecule has 0 spiro atoms. The second-order valence-corrected chi connectivity index (χ2v) is 4.79. The lowest BCUT2D eigenvalue weighted by Crippen LogP contribution is -2.19. The number of carbonyl (C=O) groups excluding carboxylic acids is 1. The molecule has 5 nitrogen and oxygen atoms in total. The molecule has 0 aliphatic carbocycles. The summed E-state index contributed by atoms with van der Waals surface area (Å²) < 4.78 is 0. The summed E-state index contributed by atoms with van der Waals surface area (Å²) in [6.45, 7) is 0. The molecule has 0 aliphatic rings. The first-order chi connectivity index (χ1) is 10.2. The number of fused-ring (bicyclic) bond motifs is 1. The van der Waals surface area contributed by atoms with Crippen molar-refractivity contribution in [1.82, 2.24) is 15.7 Å². The van der Waals surface area contributed by atoms with Gasteiger partial charge in [-0.05, 0) is 22.9 Å². The molecule has 2 N–H and O–H groups in total. The van der Waals surface area contributed by atoms with Crippen molar-refractivity contribution in [2.75, 3.05) is 0 Å². The zero-order valence-electron chi connectivity index (χ0n) is 10.7. The van der Waals surface area contributed by atoms with E-state index in [9.17, 15) is 4.79 Å². The van der Waals surface area contributed by atoms with Gasteiger partial charge in [-0.25, -0.2) is 5.48 Å². The van der Waals surface area contributed by atoms with Gasteiger partial charge in [-0.3, -0.25) is 10.0 Å². The summed E-state index contributed by atoms with van der Waals surface area (Å²) in [5, 5.41) is 18.5. The third-order valence-electron chi connectivity index (χ3n) is 3.14. The van der Waals surface area contributed by atoms with E-state index in [0.29, 0.717) is 5.69 Å². The number of rotatable bonds is 2. The van der Waals surface area contributed by atoms with Crippen LogP contribution in [0.1, 0.15) is 10.4 Å². The molecule has 1 amide bonds. The van der Waals surface area contributed by atoms with Crippen molar-refractivity contribution >= 4 is 28.3 Å². The molecular formula is C15H10ClN3O2. The number of halogens is 1. The summed E-state index contributed by atoms with van der Waals surface area (Å²) >= 11 is 5.81. The van der Waals surface area contributed by atoms with Crippen LogP contribution in [-0.2, 0) is 0 Å².